The quantitative estimate of drug-likeness (QED) is 0.808. The number of para-hydroxylation sites is 2. The molecule has 2 amide bonds. The molecule has 0 spiro atoms. The van der Waals surface area contributed by atoms with Crippen LogP contribution in [0.4, 0.5) is 0 Å². The van der Waals surface area contributed by atoms with Gasteiger partial charge in [-0.05, 0) is 37.1 Å². The van der Waals surface area contributed by atoms with Crippen molar-refractivity contribution >= 4 is 11.8 Å². The first-order valence-corrected chi connectivity index (χ1v) is 9.05. The van der Waals surface area contributed by atoms with Gasteiger partial charge < -0.3 is 24.1 Å². The van der Waals surface area contributed by atoms with Gasteiger partial charge in [-0.15, -0.1) is 0 Å². The summed E-state index contributed by atoms with van der Waals surface area (Å²) in [4.78, 5) is 26.1. The molecular formula is C20H24N2O5. The minimum Gasteiger partial charge on any atom is -0.493 e. The lowest BCUT2D eigenvalue weighted by atomic mass is 10.0. The van der Waals surface area contributed by atoms with E-state index in [1.165, 1.54) is 6.26 Å². The topological polar surface area (TPSA) is 81.0 Å². The number of nitrogens with one attached hydrogen (secondary N) is 1. The molecule has 1 aromatic heterocycles. The van der Waals surface area contributed by atoms with Crippen molar-refractivity contribution in [2.45, 2.75) is 25.3 Å². The second kappa shape index (κ2) is 9.12. The second-order valence-corrected chi connectivity index (χ2v) is 6.36. The van der Waals surface area contributed by atoms with Crippen molar-refractivity contribution < 1.29 is 23.5 Å². The lowest BCUT2D eigenvalue weighted by Crippen LogP contribution is -2.46. The zero-order chi connectivity index (χ0) is 19.1. The molecule has 1 fully saturated rings. The normalized spacial score (nSPS) is 14.6. The number of rotatable bonds is 7. The van der Waals surface area contributed by atoms with Crippen molar-refractivity contribution in [1.29, 1.82) is 0 Å². The van der Waals surface area contributed by atoms with E-state index in [0.717, 1.165) is 12.8 Å². The van der Waals surface area contributed by atoms with E-state index in [4.69, 9.17) is 13.9 Å². The van der Waals surface area contributed by atoms with E-state index in [9.17, 15) is 9.59 Å². The molecule has 0 bridgehead atoms. The molecule has 1 saturated heterocycles. The van der Waals surface area contributed by atoms with Crippen LogP contribution in [0.2, 0.25) is 0 Å². The summed E-state index contributed by atoms with van der Waals surface area (Å²) in [6, 6.07) is 10.8. The number of hydrogen-bond acceptors (Lipinski definition) is 5. The van der Waals surface area contributed by atoms with Crippen molar-refractivity contribution in [2.75, 3.05) is 26.8 Å². The van der Waals surface area contributed by atoms with Crippen LogP contribution in [0.1, 0.15) is 29.8 Å². The minimum absolute atomic E-state index is 0.0549. The largest absolute Gasteiger partial charge is 0.493 e. The van der Waals surface area contributed by atoms with E-state index in [2.05, 4.69) is 5.32 Å². The van der Waals surface area contributed by atoms with Crippen LogP contribution in [0.15, 0.2) is 47.1 Å². The van der Waals surface area contributed by atoms with Gasteiger partial charge in [-0.1, -0.05) is 12.1 Å². The van der Waals surface area contributed by atoms with Crippen LogP contribution in [0.5, 0.6) is 11.5 Å². The Morgan fingerprint density at radius 3 is 2.56 bits per heavy atom. The van der Waals surface area contributed by atoms with Gasteiger partial charge in [-0.3, -0.25) is 9.59 Å². The van der Waals surface area contributed by atoms with Crippen LogP contribution >= 0.6 is 0 Å². The zero-order valence-electron chi connectivity index (χ0n) is 15.3. The van der Waals surface area contributed by atoms with Crippen LogP contribution in [-0.2, 0) is 4.79 Å². The van der Waals surface area contributed by atoms with Crippen LogP contribution in [0.3, 0.4) is 0 Å². The van der Waals surface area contributed by atoms with Crippen LogP contribution in [0.25, 0.3) is 0 Å². The zero-order valence-corrected chi connectivity index (χ0v) is 15.3. The number of piperidine rings is 1. The van der Waals surface area contributed by atoms with Gasteiger partial charge in [0.15, 0.2) is 17.3 Å². The standard InChI is InChI=1S/C20H24N2O5/c1-25-16-5-2-3-6-17(16)27-14-10-19(23)21-15-8-11-22(12-9-15)20(24)18-7-4-13-26-18/h2-7,13,15H,8-12,14H2,1H3,(H,21,23). The summed E-state index contributed by atoms with van der Waals surface area (Å²) in [5, 5.41) is 3.02. The molecule has 1 aliphatic rings. The molecule has 2 heterocycles. The lowest BCUT2D eigenvalue weighted by molar-refractivity contribution is -0.122. The average Bonchev–Trinajstić information content (AvgIpc) is 3.23. The van der Waals surface area contributed by atoms with Gasteiger partial charge in [-0.2, -0.15) is 0 Å². The van der Waals surface area contributed by atoms with Gasteiger partial charge in [0.05, 0.1) is 26.4 Å². The predicted molar refractivity (Wildman–Crippen MR) is 98.9 cm³/mol. The van der Waals surface area contributed by atoms with Gasteiger partial charge in [0.2, 0.25) is 5.91 Å². The summed E-state index contributed by atoms with van der Waals surface area (Å²) < 4.78 is 16.0. The summed E-state index contributed by atoms with van der Waals surface area (Å²) in [6.45, 7) is 1.48. The first-order valence-electron chi connectivity index (χ1n) is 9.05. The number of benzene rings is 1. The molecule has 27 heavy (non-hydrogen) atoms. The fourth-order valence-corrected chi connectivity index (χ4v) is 3.07. The summed E-state index contributed by atoms with van der Waals surface area (Å²) in [7, 11) is 1.58. The van der Waals surface area contributed by atoms with E-state index < -0.39 is 0 Å². The van der Waals surface area contributed by atoms with Crippen molar-refractivity contribution in [3.8, 4) is 11.5 Å². The molecule has 0 saturated carbocycles. The van der Waals surface area contributed by atoms with Crippen LogP contribution in [0, 0.1) is 0 Å². The van der Waals surface area contributed by atoms with Crippen molar-refractivity contribution in [3.05, 3.63) is 48.4 Å². The molecule has 1 aromatic carbocycles. The number of carbonyl (C=O) groups excluding carboxylic acids is 2. The Labute approximate surface area is 158 Å². The van der Waals surface area contributed by atoms with Gasteiger partial charge in [-0.25, -0.2) is 0 Å². The van der Waals surface area contributed by atoms with Gasteiger partial charge in [0.25, 0.3) is 5.91 Å². The number of furan rings is 1. The highest BCUT2D eigenvalue weighted by Crippen LogP contribution is 2.25. The molecule has 2 aromatic rings. The van der Waals surface area contributed by atoms with E-state index >= 15 is 0 Å². The minimum atomic E-state index is -0.102. The first kappa shape index (κ1) is 18.8. The summed E-state index contributed by atoms with van der Waals surface area (Å²) in [6.07, 6.45) is 3.22. The fourth-order valence-electron chi connectivity index (χ4n) is 3.07. The van der Waals surface area contributed by atoms with E-state index in [1.807, 2.05) is 24.3 Å². The van der Waals surface area contributed by atoms with E-state index in [-0.39, 0.29) is 30.9 Å². The monoisotopic (exact) mass is 372 g/mol. The molecule has 0 unspecified atom stereocenters. The van der Waals surface area contributed by atoms with Crippen LogP contribution in [-0.4, -0.2) is 49.6 Å². The van der Waals surface area contributed by atoms with Crippen molar-refractivity contribution in [3.63, 3.8) is 0 Å². The third-order valence-corrected chi connectivity index (χ3v) is 4.54. The smallest absolute Gasteiger partial charge is 0.289 e. The van der Waals surface area contributed by atoms with Gasteiger partial charge in [0, 0.05) is 19.1 Å². The SMILES string of the molecule is COc1ccccc1OCCC(=O)NC1CCN(C(=O)c2ccco2)CC1. The number of nitrogens with zero attached hydrogens (tertiary/aromatic N) is 1. The van der Waals surface area contributed by atoms with Crippen LogP contribution < -0.4 is 14.8 Å². The molecule has 144 valence electrons. The number of likely N-dealkylation sites (tertiary alicyclic amines) is 1. The summed E-state index contributed by atoms with van der Waals surface area (Å²) >= 11 is 0. The summed E-state index contributed by atoms with van der Waals surface area (Å²) in [5.41, 5.74) is 0. The van der Waals surface area contributed by atoms with Crippen molar-refractivity contribution in [2.24, 2.45) is 0 Å². The number of hydrogen-bond donors (Lipinski definition) is 1. The molecule has 1 N–H and O–H groups in total. The molecule has 0 aliphatic carbocycles. The maximum Gasteiger partial charge on any atom is 0.289 e. The second-order valence-electron chi connectivity index (χ2n) is 6.36. The van der Waals surface area contributed by atoms with Crippen molar-refractivity contribution in [1.82, 2.24) is 10.2 Å². The number of ether oxygens (including phenoxy) is 2. The van der Waals surface area contributed by atoms with E-state index in [1.54, 1.807) is 24.1 Å². The molecule has 0 radical (unpaired) electrons. The third-order valence-electron chi connectivity index (χ3n) is 4.54. The number of methoxy groups -OCH3 is 1. The Morgan fingerprint density at radius 1 is 1.15 bits per heavy atom. The summed E-state index contributed by atoms with van der Waals surface area (Å²) in [5.74, 6) is 1.46. The molecule has 1 aliphatic heterocycles. The highest BCUT2D eigenvalue weighted by atomic mass is 16.5. The molecule has 0 atom stereocenters. The highest BCUT2D eigenvalue weighted by Gasteiger charge is 2.25. The maximum atomic E-state index is 12.2. The maximum absolute atomic E-state index is 12.2. The van der Waals surface area contributed by atoms with Gasteiger partial charge >= 0.3 is 0 Å². The number of amides is 2. The highest BCUT2D eigenvalue weighted by molar-refractivity contribution is 5.91. The molecule has 7 nitrogen and oxygen atoms in total. The Morgan fingerprint density at radius 2 is 1.89 bits per heavy atom. The predicted octanol–water partition coefficient (Wildman–Crippen LogP) is 2.48. The first-order chi connectivity index (χ1) is 13.2. The molecule has 7 heteroatoms. The van der Waals surface area contributed by atoms with Gasteiger partial charge in [0.1, 0.15) is 0 Å². The molecular weight excluding hydrogens is 348 g/mol. The Bertz CT molecular complexity index is 751. The molecule has 3 rings (SSSR count). The fraction of sp³-hybridized carbons (Fsp3) is 0.400. The van der Waals surface area contributed by atoms with E-state index in [0.29, 0.717) is 30.3 Å². The third kappa shape index (κ3) is 5.03. The Kier molecular flexibility index (Phi) is 6.35. The Balaban J connectivity index is 1.37. The number of carbonyl (C=O) groups is 2. The lowest BCUT2D eigenvalue weighted by Gasteiger charge is -2.31. The Hall–Kier alpha value is -2.96. The average molecular weight is 372 g/mol.